The highest BCUT2D eigenvalue weighted by Gasteiger charge is 2.26. The van der Waals surface area contributed by atoms with Crippen LogP contribution in [0.2, 0.25) is 0 Å². The van der Waals surface area contributed by atoms with E-state index in [0.717, 1.165) is 63.4 Å². The minimum Gasteiger partial charge on any atom is -0.497 e. The molecule has 2 rings (SSSR count). The van der Waals surface area contributed by atoms with Gasteiger partial charge in [-0.15, -0.1) is 0 Å². The number of carbonyl (C=O) groups is 1. The molecule has 0 radical (unpaired) electrons. The van der Waals surface area contributed by atoms with Crippen molar-refractivity contribution in [3.8, 4) is 5.75 Å². The van der Waals surface area contributed by atoms with Crippen molar-refractivity contribution >= 4 is 11.9 Å². The van der Waals surface area contributed by atoms with E-state index in [-0.39, 0.29) is 5.92 Å². The number of ether oxygens (including phenoxy) is 1. The number of methoxy groups -OCH3 is 1. The molecule has 0 aromatic heterocycles. The molecule has 2 N–H and O–H groups in total. The molecule has 6 nitrogen and oxygen atoms in total. The Kier molecular flexibility index (Phi) is 9.98. The standard InChI is InChI=1S/C24H40N4O2/c1-6-19(7-2)23(29)28-16-13-21(14-17-28)27-24(25-4)26-15-12-18(3)20-8-10-22(30-5)11-9-20/h8-11,18-19,21H,6-7,12-17H2,1-5H3,(H2,25,26,27). The Morgan fingerprint density at radius 2 is 1.83 bits per heavy atom. The monoisotopic (exact) mass is 416 g/mol. The van der Waals surface area contributed by atoms with E-state index in [9.17, 15) is 4.79 Å². The van der Waals surface area contributed by atoms with E-state index in [1.54, 1.807) is 7.11 Å². The Hall–Kier alpha value is -2.24. The summed E-state index contributed by atoms with van der Waals surface area (Å²) < 4.78 is 5.23. The number of hydrogen-bond donors (Lipinski definition) is 2. The maximum atomic E-state index is 12.6. The molecule has 6 heteroatoms. The summed E-state index contributed by atoms with van der Waals surface area (Å²) in [6.07, 6.45) is 4.82. The van der Waals surface area contributed by atoms with Gasteiger partial charge in [0.05, 0.1) is 7.11 Å². The molecule has 1 aromatic rings. The maximum absolute atomic E-state index is 12.6. The van der Waals surface area contributed by atoms with Crippen LogP contribution >= 0.6 is 0 Å². The second kappa shape index (κ2) is 12.5. The fourth-order valence-corrected chi connectivity index (χ4v) is 4.03. The number of guanidine groups is 1. The highest BCUT2D eigenvalue weighted by atomic mass is 16.5. The van der Waals surface area contributed by atoms with Gasteiger partial charge < -0.3 is 20.3 Å². The third kappa shape index (κ3) is 6.92. The zero-order valence-corrected chi connectivity index (χ0v) is 19.4. The molecule has 1 saturated heterocycles. The van der Waals surface area contributed by atoms with Crippen molar-refractivity contribution in [3.63, 3.8) is 0 Å². The molecule has 1 amide bonds. The molecule has 1 fully saturated rings. The predicted octanol–water partition coefficient (Wildman–Crippen LogP) is 3.78. The Morgan fingerprint density at radius 3 is 2.37 bits per heavy atom. The van der Waals surface area contributed by atoms with E-state index in [1.165, 1.54) is 5.56 Å². The van der Waals surface area contributed by atoms with Gasteiger partial charge in [-0.3, -0.25) is 9.79 Å². The molecular weight excluding hydrogens is 376 g/mol. The summed E-state index contributed by atoms with van der Waals surface area (Å²) in [6.45, 7) is 8.97. The Bertz CT molecular complexity index is 662. The SMILES string of the molecule is CCC(CC)C(=O)N1CCC(NC(=NC)NCCC(C)c2ccc(OC)cc2)CC1. The van der Waals surface area contributed by atoms with Gasteiger partial charge in [-0.1, -0.05) is 32.9 Å². The van der Waals surface area contributed by atoms with Crippen LogP contribution in [0.5, 0.6) is 5.75 Å². The summed E-state index contributed by atoms with van der Waals surface area (Å²) in [7, 11) is 3.50. The van der Waals surface area contributed by atoms with Crippen LogP contribution in [0.15, 0.2) is 29.3 Å². The third-order valence-corrected chi connectivity index (χ3v) is 6.26. The van der Waals surface area contributed by atoms with Crippen molar-refractivity contribution < 1.29 is 9.53 Å². The van der Waals surface area contributed by atoms with Crippen molar-refractivity contribution in [2.45, 2.75) is 64.8 Å². The number of amides is 1. The largest absolute Gasteiger partial charge is 0.497 e. The summed E-state index contributed by atoms with van der Waals surface area (Å²) in [6, 6.07) is 8.65. The number of aliphatic imine (C=N–C) groups is 1. The van der Waals surface area contributed by atoms with Crippen molar-refractivity contribution in [2.24, 2.45) is 10.9 Å². The fourth-order valence-electron chi connectivity index (χ4n) is 4.03. The van der Waals surface area contributed by atoms with Gasteiger partial charge in [-0.05, 0) is 55.7 Å². The molecule has 1 aliphatic heterocycles. The lowest BCUT2D eigenvalue weighted by Crippen LogP contribution is -2.50. The molecule has 1 atom stereocenters. The Labute approximate surface area is 182 Å². The van der Waals surface area contributed by atoms with Gasteiger partial charge in [0, 0.05) is 38.6 Å². The first kappa shape index (κ1) is 24.0. The first-order valence-corrected chi connectivity index (χ1v) is 11.4. The summed E-state index contributed by atoms with van der Waals surface area (Å²) in [4.78, 5) is 19.0. The summed E-state index contributed by atoms with van der Waals surface area (Å²) in [5.41, 5.74) is 1.31. The number of rotatable bonds is 9. The van der Waals surface area contributed by atoms with Crippen LogP contribution in [0.4, 0.5) is 0 Å². The lowest BCUT2D eigenvalue weighted by atomic mass is 9.98. The van der Waals surface area contributed by atoms with Crippen molar-refractivity contribution in [3.05, 3.63) is 29.8 Å². The number of benzene rings is 1. The van der Waals surface area contributed by atoms with E-state index in [2.05, 4.69) is 48.5 Å². The summed E-state index contributed by atoms with van der Waals surface area (Å²) >= 11 is 0. The number of carbonyl (C=O) groups excluding carboxylic acids is 1. The average Bonchev–Trinajstić information content (AvgIpc) is 2.79. The molecule has 1 heterocycles. The molecule has 1 aliphatic rings. The van der Waals surface area contributed by atoms with Crippen LogP contribution in [0.1, 0.15) is 64.4 Å². The van der Waals surface area contributed by atoms with E-state index < -0.39 is 0 Å². The first-order chi connectivity index (χ1) is 14.5. The second-order valence-corrected chi connectivity index (χ2v) is 8.22. The Balaban J connectivity index is 1.72. The fraction of sp³-hybridized carbons (Fsp3) is 0.667. The minimum atomic E-state index is 0.177. The summed E-state index contributed by atoms with van der Waals surface area (Å²) in [5.74, 6) is 2.70. The van der Waals surface area contributed by atoms with Gasteiger partial charge in [-0.2, -0.15) is 0 Å². The van der Waals surface area contributed by atoms with Gasteiger partial charge >= 0.3 is 0 Å². The maximum Gasteiger partial charge on any atom is 0.225 e. The minimum absolute atomic E-state index is 0.177. The second-order valence-electron chi connectivity index (χ2n) is 8.22. The van der Waals surface area contributed by atoms with E-state index >= 15 is 0 Å². The van der Waals surface area contributed by atoms with Crippen LogP contribution in [0, 0.1) is 5.92 Å². The molecular formula is C24H40N4O2. The molecule has 168 valence electrons. The van der Waals surface area contributed by atoms with E-state index in [0.29, 0.717) is 17.9 Å². The summed E-state index contributed by atoms with van der Waals surface area (Å²) in [5, 5.41) is 6.98. The molecule has 0 aliphatic carbocycles. The van der Waals surface area contributed by atoms with E-state index in [4.69, 9.17) is 4.74 Å². The quantitative estimate of drug-likeness (QED) is 0.475. The van der Waals surface area contributed by atoms with Gasteiger partial charge in [0.2, 0.25) is 5.91 Å². The first-order valence-electron chi connectivity index (χ1n) is 11.4. The number of nitrogens with one attached hydrogen (secondary N) is 2. The van der Waals surface area contributed by atoms with E-state index in [1.807, 2.05) is 24.1 Å². The Morgan fingerprint density at radius 1 is 1.20 bits per heavy atom. The number of piperidine rings is 1. The van der Waals surface area contributed by atoms with Crippen molar-refractivity contribution in [2.75, 3.05) is 33.8 Å². The number of nitrogens with zero attached hydrogens (tertiary/aromatic N) is 2. The van der Waals surface area contributed by atoms with Crippen LogP contribution in [-0.2, 0) is 4.79 Å². The zero-order valence-electron chi connectivity index (χ0n) is 19.4. The highest BCUT2D eigenvalue weighted by molar-refractivity contribution is 5.80. The number of likely N-dealkylation sites (tertiary alicyclic amines) is 1. The smallest absolute Gasteiger partial charge is 0.225 e. The predicted molar refractivity (Wildman–Crippen MR) is 124 cm³/mol. The van der Waals surface area contributed by atoms with Crippen LogP contribution in [0.3, 0.4) is 0 Å². The van der Waals surface area contributed by atoms with Crippen molar-refractivity contribution in [1.82, 2.24) is 15.5 Å². The van der Waals surface area contributed by atoms with Gasteiger partial charge in [-0.25, -0.2) is 0 Å². The van der Waals surface area contributed by atoms with Gasteiger partial charge in [0.1, 0.15) is 5.75 Å². The topological polar surface area (TPSA) is 66.0 Å². The van der Waals surface area contributed by atoms with Crippen LogP contribution in [-0.4, -0.2) is 56.6 Å². The molecule has 1 aromatic carbocycles. The third-order valence-electron chi connectivity index (χ3n) is 6.26. The molecule has 0 bridgehead atoms. The molecule has 1 unspecified atom stereocenters. The lowest BCUT2D eigenvalue weighted by molar-refractivity contribution is -0.136. The number of hydrogen-bond acceptors (Lipinski definition) is 3. The van der Waals surface area contributed by atoms with Gasteiger partial charge in [0.25, 0.3) is 0 Å². The van der Waals surface area contributed by atoms with Gasteiger partial charge in [0.15, 0.2) is 5.96 Å². The van der Waals surface area contributed by atoms with Crippen LogP contribution < -0.4 is 15.4 Å². The highest BCUT2D eigenvalue weighted by Crippen LogP contribution is 2.21. The molecule has 0 spiro atoms. The normalized spacial score (nSPS) is 16.5. The zero-order chi connectivity index (χ0) is 21.9. The van der Waals surface area contributed by atoms with Crippen molar-refractivity contribution in [1.29, 1.82) is 0 Å². The molecule has 30 heavy (non-hydrogen) atoms. The van der Waals surface area contributed by atoms with Crippen LogP contribution in [0.25, 0.3) is 0 Å². The average molecular weight is 417 g/mol. The lowest BCUT2D eigenvalue weighted by Gasteiger charge is -2.35. The molecule has 0 saturated carbocycles.